The SMILES string of the molecule is CCC(C)(CC(O)NCCN)OCCC(CC)(CC)OC. The van der Waals surface area contributed by atoms with Gasteiger partial charge < -0.3 is 20.3 Å². The Balaban J connectivity index is 4.35. The van der Waals surface area contributed by atoms with Gasteiger partial charge in [-0.25, -0.2) is 0 Å². The summed E-state index contributed by atoms with van der Waals surface area (Å²) in [6.07, 6.45) is 3.66. The monoisotopic (exact) mass is 304 g/mol. The van der Waals surface area contributed by atoms with E-state index in [0.29, 0.717) is 26.1 Å². The Morgan fingerprint density at radius 1 is 1.19 bits per heavy atom. The molecule has 0 aromatic heterocycles. The van der Waals surface area contributed by atoms with E-state index in [1.807, 2.05) is 6.92 Å². The highest BCUT2D eigenvalue weighted by molar-refractivity contribution is 4.80. The number of hydrogen-bond donors (Lipinski definition) is 3. The third-order valence-corrected chi connectivity index (χ3v) is 4.63. The van der Waals surface area contributed by atoms with Crippen molar-refractivity contribution in [1.82, 2.24) is 5.32 Å². The van der Waals surface area contributed by atoms with E-state index in [9.17, 15) is 5.11 Å². The predicted molar refractivity (Wildman–Crippen MR) is 87.3 cm³/mol. The van der Waals surface area contributed by atoms with Gasteiger partial charge in [-0.2, -0.15) is 0 Å². The number of nitrogens with one attached hydrogen (secondary N) is 1. The molecule has 2 unspecified atom stereocenters. The first-order chi connectivity index (χ1) is 9.90. The molecule has 0 saturated carbocycles. The summed E-state index contributed by atoms with van der Waals surface area (Å²) in [4.78, 5) is 0. The molecule has 0 aromatic rings. The van der Waals surface area contributed by atoms with Gasteiger partial charge in [-0.05, 0) is 32.6 Å². The van der Waals surface area contributed by atoms with Crippen LogP contribution < -0.4 is 11.1 Å². The van der Waals surface area contributed by atoms with Crippen LogP contribution in [0, 0.1) is 0 Å². The number of hydrogen-bond acceptors (Lipinski definition) is 5. The van der Waals surface area contributed by atoms with Crippen molar-refractivity contribution in [3.8, 4) is 0 Å². The van der Waals surface area contributed by atoms with E-state index < -0.39 is 6.23 Å². The summed E-state index contributed by atoms with van der Waals surface area (Å²) in [7, 11) is 1.77. The van der Waals surface area contributed by atoms with E-state index in [4.69, 9.17) is 15.2 Å². The van der Waals surface area contributed by atoms with E-state index in [-0.39, 0.29) is 11.2 Å². The van der Waals surface area contributed by atoms with Crippen LogP contribution in [-0.4, -0.2) is 49.3 Å². The smallest absolute Gasteiger partial charge is 0.107 e. The van der Waals surface area contributed by atoms with E-state index >= 15 is 0 Å². The van der Waals surface area contributed by atoms with E-state index in [0.717, 1.165) is 25.7 Å². The molecule has 0 aromatic carbocycles. The number of aliphatic hydroxyl groups excluding tert-OH is 1. The molecule has 5 heteroatoms. The van der Waals surface area contributed by atoms with Gasteiger partial charge in [0.15, 0.2) is 0 Å². The van der Waals surface area contributed by atoms with Crippen molar-refractivity contribution in [2.24, 2.45) is 5.73 Å². The average molecular weight is 304 g/mol. The Hall–Kier alpha value is -0.200. The summed E-state index contributed by atoms with van der Waals surface area (Å²) >= 11 is 0. The fourth-order valence-corrected chi connectivity index (χ4v) is 2.51. The molecule has 0 spiro atoms. The summed E-state index contributed by atoms with van der Waals surface area (Å²) in [6.45, 7) is 10.2. The van der Waals surface area contributed by atoms with Crippen molar-refractivity contribution in [2.75, 3.05) is 26.8 Å². The molecule has 21 heavy (non-hydrogen) atoms. The van der Waals surface area contributed by atoms with Crippen LogP contribution in [-0.2, 0) is 9.47 Å². The van der Waals surface area contributed by atoms with Crippen LogP contribution in [0.25, 0.3) is 0 Å². The highest BCUT2D eigenvalue weighted by atomic mass is 16.5. The van der Waals surface area contributed by atoms with Crippen molar-refractivity contribution in [1.29, 1.82) is 0 Å². The van der Waals surface area contributed by atoms with E-state index in [2.05, 4.69) is 26.1 Å². The Bertz CT molecular complexity index is 252. The second-order valence-corrected chi connectivity index (χ2v) is 5.96. The third kappa shape index (κ3) is 7.56. The molecule has 0 aliphatic heterocycles. The molecular formula is C16H36N2O3. The number of nitrogens with two attached hydrogens (primary N) is 1. The molecule has 0 amide bonds. The van der Waals surface area contributed by atoms with Crippen molar-refractivity contribution in [3.05, 3.63) is 0 Å². The van der Waals surface area contributed by atoms with Gasteiger partial charge in [0.2, 0.25) is 0 Å². The summed E-state index contributed by atoms with van der Waals surface area (Å²) in [5, 5.41) is 13.0. The lowest BCUT2D eigenvalue weighted by molar-refractivity contribution is -0.0990. The van der Waals surface area contributed by atoms with Crippen molar-refractivity contribution in [2.45, 2.75) is 77.2 Å². The lowest BCUT2D eigenvalue weighted by Gasteiger charge is -2.35. The van der Waals surface area contributed by atoms with Gasteiger partial charge in [0.25, 0.3) is 0 Å². The minimum atomic E-state index is -0.581. The fourth-order valence-electron chi connectivity index (χ4n) is 2.51. The molecule has 0 saturated heterocycles. The van der Waals surface area contributed by atoms with Crippen LogP contribution in [0.4, 0.5) is 0 Å². The number of aliphatic hydroxyl groups is 1. The molecule has 128 valence electrons. The molecule has 0 fully saturated rings. The third-order valence-electron chi connectivity index (χ3n) is 4.63. The van der Waals surface area contributed by atoms with Gasteiger partial charge in [0, 0.05) is 26.6 Å². The maximum Gasteiger partial charge on any atom is 0.107 e. The van der Waals surface area contributed by atoms with Gasteiger partial charge in [-0.3, -0.25) is 5.32 Å². The zero-order chi connectivity index (χ0) is 16.4. The summed E-state index contributed by atoms with van der Waals surface area (Å²) in [5.41, 5.74) is 5.00. The molecular weight excluding hydrogens is 268 g/mol. The molecule has 0 heterocycles. The second-order valence-electron chi connectivity index (χ2n) is 5.96. The van der Waals surface area contributed by atoms with Crippen molar-refractivity contribution in [3.63, 3.8) is 0 Å². The maximum absolute atomic E-state index is 9.97. The Kier molecular flexibility index (Phi) is 10.4. The van der Waals surface area contributed by atoms with Gasteiger partial charge in [0.1, 0.15) is 6.23 Å². The number of rotatable bonds is 13. The molecule has 4 N–H and O–H groups in total. The highest BCUT2D eigenvalue weighted by Gasteiger charge is 2.29. The zero-order valence-electron chi connectivity index (χ0n) is 14.6. The molecule has 0 aliphatic rings. The average Bonchev–Trinajstić information content (AvgIpc) is 2.50. The highest BCUT2D eigenvalue weighted by Crippen LogP contribution is 2.27. The van der Waals surface area contributed by atoms with Crippen LogP contribution in [0.2, 0.25) is 0 Å². The molecule has 2 atom stereocenters. The van der Waals surface area contributed by atoms with Crippen LogP contribution in [0.15, 0.2) is 0 Å². The van der Waals surface area contributed by atoms with Gasteiger partial charge in [0.05, 0.1) is 17.8 Å². The van der Waals surface area contributed by atoms with Gasteiger partial charge in [-0.15, -0.1) is 0 Å². The van der Waals surface area contributed by atoms with Crippen molar-refractivity contribution >= 4 is 0 Å². The largest absolute Gasteiger partial charge is 0.379 e. The minimum Gasteiger partial charge on any atom is -0.379 e. The normalized spacial score (nSPS) is 16.7. The van der Waals surface area contributed by atoms with Crippen LogP contribution in [0.1, 0.15) is 59.8 Å². The standard InChI is InChI=1S/C16H36N2O3/c1-6-15(4,13-14(19)18-11-10-17)21-12-9-16(7-2,8-3)20-5/h14,18-19H,6-13,17H2,1-5H3. The first-order valence-corrected chi connectivity index (χ1v) is 8.21. The zero-order valence-corrected chi connectivity index (χ0v) is 14.6. The minimum absolute atomic E-state index is 0.0922. The van der Waals surface area contributed by atoms with E-state index in [1.165, 1.54) is 0 Å². The van der Waals surface area contributed by atoms with Gasteiger partial charge >= 0.3 is 0 Å². The lowest BCUT2D eigenvalue weighted by atomic mass is 9.93. The summed E-state index contributed by atoms with van der Waals surface area (Å²) in [6, 6.07) is 0. The molecule has 5 nitrogen and oxygen atoms in total. The first kappa shape index (κ1) is 20.8. The number of methoxy groups -OCH3 is 1. The molecule has 0 bridgehead atoms. The second kappa shape index (κ2) is 10.5. The fraction of sp³-hybridized carbons (Fsp3) is 1.00. The number of ether oxygens (including phenoxy) is 2. The van der Waals surface area contributed by atoms with E-state index in [1.54, 1.807) is 7.11 Å². The van der Waals surface area contributed by atoms with Crippen LogP contribution in [0.3, 0.4) is 0 Å². The topological polar surface area (TPSA) is 76.7 Å². The lowest BCUT2D eigenvalue weighted by Crippen LogP contribution is -2.42. The Labute approximate surface area is 130 Å². The summed E-state index contributed by atoms with van der Waals surface area (Å²) < 4.78 is 11.7. The molecule has 0 rings (SSSR count). The van der Waals surface area contributed by atoms with Crippen LogP contribution >= 0.6 is 0 Å². The predicted octanol–water partition coefficient (Wildman–Crippen LogP) is 2.02. The molecule has 0 radical (unpaired) electrons. The Morgan fingerprint density at radius 2 is 1.81 bits per heavy atom. The summed E-state index contributed by atoms with van der Waals surface area (Å²) in [5.74, 6) is 0. The van der Waals surface area contributed by atoms with Crippen molar-refractivity contribution < 1.29 is 14.6 Å². The van der Waals surface area contributed by atoms with Crippen LogP contribution in [0.5, 0.6) is 0 Å². The quantitative estimate of drug-likeness (QED) is 0.454. The van der Waals surface area contributed by atoms with Gasteiger partial charge in [-0.1, -0.05) is 20.8 Å². The maximum atomic E-state index is 9.97. The molecule has 0 aliphatic carbocycles. The first-order valence-electron chi connectivity index (χ1n) is 8.21. The Morgan fingerprint density at radius 3 is 2.24 bits per heavy atom.